The Kier molecular flexibility index (Phi) is 3.57. The van der Waals surface area contributed by atoms with E-state index < -0.39 is 5.54 Å². The second kappa shape index (κ2) is 5.39. The van der Waals surface area contributed by atoms with Crippen LogP contribution in [0.3, 0.4) is 0 Å². The number of amidine groups is 1. The predicted octanol–water partition coefficient (Wildman–Crippen LogP) is 1.58. The van der Waals surface area contributed by atoms with E-state index in [4.69, 9.17) is 10.9 Å². The fourth-order valence-electron chi connectivity index (χ4n) is 3.60. The van der Waals surface area contributed by atoms with E-state index in [1.807, 2.05) is 12.1 Å². The van der Waals surface area contributed by atoms with Gasteiger partial charge in [-0.15, -0.1) is 0 Å². The number of carbonyl (C=O) groups excluding carboxylic acids is 1. The second-order valence-electron chi connectivity index (χ2n) is 6.14. The van der Waals surface area contributed by atoms with E-state index in [1.165, 1.54) is 11.1 Å². The van der Waals surface area contributed by atoms with Crippen LogP contribution in [-0.2, 0) is 17.6 Å². The Morgan fingerprint density at radius 2 is 1.81 bits per heavy atom. The highest BCUT2D eigenvalue weighted by atomic mass is 16.4. The molecule has 2 aliphatic rings. The van der Waals surface area contributed by atoms with Crippen LogP contribution in [0.2, 0.25) is 0 Å². The first-order valence-electron chi connectivity index (χ1n) is 7.51. The maximum atomic E-state index is 12.6. The number of nitrogens with zero attached hydrogens (tertiary/aromatic N) is 1. The van der Waals surface area contributed by atoms with Crippen LogP contribution in [0.1, 0.15) is 36.8 Å². The Bertz CT molecular complexity index is 552. The molecule has 4 N–H and O–H groups in total. The summed E-state index contributed by atoms with van der Waals surface area (Å²) >= 11 is 0. The van der Waals surface area contributed by atoms with Gasteiger partial charge in [0.25, 0.3) is 0 Å². The van der Waals surface area contributed by atoms with E-state index in [-0.39, 0.29) is 17.7 Å². The number of benzene rings is 1. The lowest BCUT2D eigenvalue weighted by Crippen LogP contribution is -2.57. The van der Waals surface area contributed by atoms with Crippen LogP contribution in [0.5, 0.6) is 0 Å². The highest BCUT2D eigenvalue weighted by Gasteiger charge is 2.41. The minimum Gasteiger partial charge on any atom is -0.409 e. The smallest absolute Gasteiger partial charge is 0.224 e. The molecule has 0 bridgehead atoms. The van der Waals surface area contributed by atoms with E-state index in [1.54, 1.807) is 0 Å². The molecule has 0 spiro atoms. The summed E-state index contributed by atoms with van der Waals surface area (Å²) in [7, 11) is 0. The number of amides is 1. The van der Waals surface area contributed by atoms with Gasteiger partial charge in [0, 0.05) is 5.92 Å². The molecule has 0 aromatic heterocycles. The van der Waals surface area contributed by atoms with Crippen molar-refractivity contribution in [2.45, 2.75) is 44.1 Å². The fourth-order valence-corrected chi connectivity index (χ4v) is 3.60. The molecule has 0 unspecified atom stereocenters. The van der Waals surface area contributed by atoms with Crippen molar-refractivity contribution in [3.05, 3.63) is 35.4 Å². The van der Waals surface area contributed by atoms with Crippen molar-refractivity contribution in [3.63, 3.8) is 0 Å². The topological polar surface area (TPSA) is 87.7 Å². The average molecular weight is 287 g/mol. The first kappa shape index (κ1) is 13.9. The normalized spacial score (nSPS) is 21.2. The first-order valence-corrected chi connectivity index (χ1v) is 7.51. The molecule has 0 saturated heterocycles. The van der Waals surface area contributed by atoms with Gasteiger partial charge in [-0.25, -0.2) is 0 Å². The number of nitrogens with two attached hydrogens (primary N) is 1. The molecule has 112 valence electrons. The molecule has 0 aliphatic heterocycles. The van der Waals surface area contributed by atoms with E-state index in [0.717, 1.165) is 38.5 Å². The van der Waals surface area contributed by atoms with Crippen LogP contribution in [0.15, 0.2) is 29.4 Å². The van der Waals surface area contributed by atoms with Gasteiger partial charge in [0.05, 0.1) is 0 Å². The van der Waals surface area contributed by atoms with E-state index in [9.17, 15) is 4.79 Å². The third-order valence-corrected chi connectivity index (χ3v) is 4.84. The molecule has 5 nitrogen and oxygen atoms in total. The summed E-state index contributed by atoms with van der Waals surface area (Å²) in [5.41, 5.74) is 7.68. The molecule has 0 radical (unpaired) electrons. The van der Waals surface area contributed by atoms with Crippen molar-refractivity contribution < 1.29 is 10.0 Å². The van der Waals surface area contributed by atoms with Crippen LogP contribution >= 0.6 is 0 Å². The molecule has 3 rings (SSSR count). The SMILES string of the molecule is N/C(=N/O)C1(NC(=O)C2Cc3ccccc3C2)CCCC1. The van der Waals surface area contributed by atoms with Crippen LogP contribution in [0.25, 0.3) is 0 Å². The number of carbonyl (C=O) groups is 1. The summed E-state index contributed by atoms with van der Waals surface area (Å²) in [5.74, 6) is 0.0925. The fraction of sp³-hybridized carbons (Fsp3) is 0.500. The molecular formula is C16H21N3O2. The zero-order valence-corrected chi connectivity index (χ0v) is 12.0. The van der Waals surface area contributed by atoms with Crippen LogP contribution in [0, 0.1) is 5.92 Å². The molecule has 1 saturated carbocycles. The minimum atomic E-state index is -0.652. The average Bonchev–Trinajstić information content (AvgIpc) is 3.13. The van der Waals surface area contributed by atoms with Crippen molar-refractivity contribution in [2.24, 2.45) is 16.8 Å². The van der Waals surface area contributed by atoms with Crippen LogP contribution in [-0.4, -0.2) is 22.5 Å². The zero-order chi connectivity index (χ0) is 14.9. The van der Waals surface area contributed by atoms with Gasteiger partial charge < -0.3 is 16.3 Å². The number of oxime groups is 1. The van der Waals surface area contributed by atoms with Gasteiger partial charge >= 0.3 is 0 Å². The molecule has 0 atom stereocenters. The minimum absolute atomic E-state index is 0.0136. The van der Waals surface area contributed by atoms with Gasteiger partial charge in [-0.05, 0) is 36.8 Å². The Hall–Kier alpha value is -2.04. The third kappa shape index (κ3) is 2.48. The van der Waals surface area contributed by atoms with Crippen molar-refractivity contribution in [3.8, 4) is 0 Å². The predicted molar refractivity (Wildman–Crippen MR) is 80.1 cm³/mol. The van der Waals surface area contributed by atoms with Gasteiger partial charge in [0.2, 0.25) is 5.91 Å². The van der Waals surface area contributed by atoms with Gasteiger partial charge in [-0.1, -0.05) is 42.3 Å². The summed E-state index contributed by atoms with van der Waals surface area (Å²) in [6.45, 7) is 0. The van der Waals surface area contributed by atoms with Crippen molar-refractivity contribution in [2.75, 3.05) is 0 Å². The number of nitrogens with one attached hydrogen (secondary N) is 1. The number of rotatable bonds is 3. The molecule has 21 heavy (non-hydrogen) atoms. The summed E-state index contributed by atoms with van der Waals surface area (Å²) in [6, 6.07) is 8.18. The Morgan fingerprint density at radius 3 is 2.33 bits per heavy atom. The third-order valence-electron chi connectivity index (χ3n) is 4.84. The van der Waals surface area contributed by atoms with Gasteiger partial charge in [0.15, 0.2) is 5.84 Å². The maximum Gasteiger partial charge on any atom is 0.224 e. The lowest BCUT2D eigenvalue weighted by atomic mass is 9.94. The van der Waals surface area contributed by atoms with E-state index in [2.05, 4.69) is 22.6 Å². The summed E-state index contributed by atoms with van der Waals surface area (Å²) < 4.78 is 0. The number of hydrogen-bond donors (Lipinski definition) is 3. The number of fused-ring (bicyclic) bond motifs is 1. The lowest BCUT2D eigenvalue weighted by molar-refractivity contribution is -0.126. The highest BCUT2D eigenvalue weighted by Crippen LogP contribution is 2.32. The zero-order valence-electron chi connectivity index (χ0n) is 12.0. The van der Waals surface area contributed by atoms with Crippen molar-refractivity contribution in [1.82, 2.24) is 5.32 Å². The molecule has 1 amide bonds. The maximum absolute atomic E-state index is 12.6. The molecule has 5 heteroatoms. The van der Waals surface area contributed by atoms with E-state index in [0.29, 0.717) is 0 Å². The molecule has 2 aliphatic carbocycles. The Morgan fingerprint density at radius 1 is 1.24 bits per heavy atom. The van der Waals surface area contributed by atoms with Gasteiger partial charge in [0.1, 0.15) is 5.54 Å². The summed E-state index contributed by atoms with van der Waals surface area (Å²) in [5, 5.41) is 15.2. The van der Waals surface area contributed by atoms with Crippen LogP contribution in [0.4, 0.5) is 0 Å². The Balaban J connectivity index is 1.72. The number of hydrogen-bond acceptors (Lipinski definition) is 3. The van der Waals surface area contributed by atoms with Crippen molar-refractivity contribution in [1.29, 1.82) is 0 Å². The van der Waals surface area contributed by atoms with Crippen molar-refractivity contribution >= 4 is 11.7 Å². The molecular weight excluding hydrogens is 266 g/mol. The largest absolute Gasteiger partial charge is 0.409 e. The molecule has 1 fully saturated rings. The standard InChI is InChI=1S/C16H21N3O2/c17-15(19-21)16(7-3-4-8-16)18-14(20)13-9-11-5-1-2-6-12(11)10-13/h1-2,5-6,13,21H,3-4,7-10H2,(H2,17,19)(H,18,20). The lowest BCUT2D eigenvalue weighted by Gasteiger charge is -2.30. The molecule has 1 aromatic rings. The molecule has 0 heterocycles. The highest BCUT2D eigenvalue weighted by molar-refractivity contribution is 5.95. The first-order chi connectivity index (χ1) is 10.1. The quantitative estimate of drug-likeness (QED) is 0.341. The van der Waals surface area contributed by atoms with E-state index >= 15 is 0 Å². The summed E-state index contributed by atoms with van der Waals surface area (Å²) in [4.78, 5) is 12.6. The molecule has 1 aromatic carbocycles. The Labute approximate surface area is 124 Å². The summed E-state index contributed by atoms with van der Waals surface area (Å²) in [6.07, 6.45) is 5.01. The second-order valence-corrected chi connectivity index (χ2v) is 6.14. The van der Waals surface area contributed by atoms with Crippen LogP contribution < -0.4 is 11.1 Å². The van der Waals surface area contributed by atoms with Gasteiger partial charge in [-0.3, -0.25) is 4.79 Å². The monoisotopic (exact) mass is 287 g/mol. The van der Waals surface area contributed by atoms with Gasteiger partial charge in [-0.2, -0.15) is 0 Å².